The molecule has 1 aliphatic rings. The van der Waals surface area contributed by atoms with Gasteiger partial charge in [0.2, 0.25) is 0 Å². The van der Waals surface area contributed by atoms with Gasteiger partial charge in [-0.05, 0) is 38.9 Å². The van der Waals surface area contributed by atoms with E-state index in [0.29, 0.717) is 12.3 Å². The third kappa shape index (κ3) is 2.47. The molecule has 2 atom stereocenters. The Morgan fingerprint density at radius 2 is 2.17 bits per heavy atom. The van der Waals surface area contributed by atoms with Gasteiger partial charge in [0.15, 0.2) is 0 Å². The molecule has 1 rings (SSSR count). The van der Waals surface area contributed by atoms with E-state index in [9.17, 15) is 0 Å². The van der Waals surface area contributed by atoms with E-state index in [1.807, 2.05) is 0 Å². The summed E-state index contributed by atoms with van der Waals surface area (Å²) < 4.78 is 0. The highest BCUT2D eigenvalue weighted by Crippen LogP contribution is 2.18. The smallest absolute Gasteiger partial charge is 0.0625 e. The maximum absolute atomic E-state index is 8.57. The number of rotatable bonds is 1. The molecule has 1 aliphatic heterocycles. The monoisotopic (exact) mass is 167 g/mol. The standard InChI is InChI=1S/C9H17N3/c1-12-6-3-8(2-5-10)9(11)4-7-12/h8-9H,2-4,6-7,11H2,1H3/t8-,9-/m0/s1. The molecule has 0 amide bonds. The number of likely N-dealkylation sites (tertiary alicyclic amines) is 1. The molecule has 3 nitrogen and oxygen atoms in total. The minimum atomic E-state index is 0.231. The third-order valence-corrected chi connectivity index (χ3v) is 2.68. The molecule has 0 aromatic heterocycles. The molecule has 0 spiro atoms. The second kappa shape index (κ2) is 4.44. The number of nitrogens with two attached hydrogens (primary N) is 1. The van der Waals surface area contributed by atoms with Crippen LogP contribution in [0.3, 0.4) is 0 Å². The lowest BCUT2D eigenvalue weighted by atomic mass is 9.93. The molecule has 0 aromatic carbocycles. The van der Waals surface area contributed by atoms with Crippen molar-refractivity contribution >= 4 is 0 Å². The molecule has 1 heterocycles. The fourth-order valence-electron chi connectivity index (χ4n) is 1.69. The van der Waals surface area contributed by atoms with Crippen LogP contribution in [-0.2, 0) is 0 Å². The molecule has 12 heavy (non-hydrogen) atoms. The molecular formula is C9H17N3. The minimum Gasteiger partial charge on any atom is -0.327 e. The molecule has 3 heteroatoms. The fraction of sp³-hybridized carbons (Fsp3) is 0.889. The van der Waals surface area contributed by atoms with Crippen molar-refractivity contribution in [3.8, 4) is 6.07 Å². The molecule has 0 radical (unpaired) electrons. The molecule has 0 bridgehead atoms. The molecule has 0 aliphatic carbocycles. The average molecular weight is 167 g/mol. The highest BCUT2D eigenvalue weighted by atomic mass is 15.1. The first-order valence-electron chi connectivity index (χ1n) is 4.55. The summed E-state index contributed by atoms with van der Waals surface area (Å²) in [4.78, 5) is 2.29. The number of nitrogens with zero attached hydrogens (tertiary/aromatic N) is 2. The largest absolute Gasteiger partial charge is 0.327 e. The van der Waals surface area contributed by atoms with E-state index < -0.39 is 0 Å². The summed E-state index contributed by atoms with van der Waals surface area (Å²) in [5.41, 5.74) is 5.95. The Balaban J connectivity index is 2.45. The van der Waals surface area contributed by atoms with Crippen LogP contribution in [0.1, 0.15) is 19.3 Å². The summed E-state index contributed by atoms with van der Waals surface area (Å²) in [7, 11) is 2.11. The molecule has 1 fully saturated rings. The second-order valence-corrected chi connectivity index (χ2v) is 3.67. The minimum absolute atomic E-state index is 0.231. The molecule has 0 saturated carbocycles. The first kappa shape index (κ1) is 9.50. The SMILES string of the molecule is CN1CC[C@H](CC#N)[C@@H](N)CC1. The van der Waals surface area contributed by atoms with E-state index in [1.54, 1.807) is 0 Å². The van der Waals surface area contributed by atoms with E-state index in [4.69, 9.17) is 11.0 Å². The van der Waals surface area contributed by atoms with Crippen molar-refractivity contribution in [2.24, 2.45) is 11.7 Å². The lowest BCUT2D eigenvalue weighted by molar-refractivity contribution is 0.342. The summed E-state index contributed by atoms with van der Waals surface area (Å²) in [6.07, 6.45) is 2.73. The van der Waals surface area contributed by atoms with Gasteiger partial charge in [0.25, 0.3) is 0 Å². The second-order valence-electron chi connectivity index (χ2n) is 3.67. The molecule has 0 aromatic rings. The predicted octanol–water partition coefficient (Wildman–Crippen LogP) is 0.569. The number of hydrogen-bond acceptors (Lipinski definition) is 3. The fourth-order valence-corrected chi connectivity index (χ4v) is 1.69. The predicted molar refractivity (Wildman–Crippen MR) is 48.4 cm³/mol. The van der Waals surface area contributed by atoms with Crippen molar-refractivity contribution in [2.75, 3.05) is 20.1 Å². The molecular weight excluding hydrogens is 150 g/mol. The summed E-state index contributed by atoms with van der Waals surface area (Å²) in [5.74, 6) is 0.417. The van der Waals surface area contributed by atoms with Crippen LogP contribution in [0.25, 0.3) is 0 Å². The summed E-state index contributed by atoms with van der Waals surface area (Å²) >= 11 is 0. The molecule has 2 N–H and O–H groups in total. The van der Waals surface area contributed by atoms with Gasteiger partial charge >= 0.3 is 0 Å². The zero-order valence-corrected chi connectivity index (χ0v) is 7.66. The summed E-state index contributed by atoms with van der Waals surface area (Å²) in [5, 5.41) is 8.57. The van der Waals surface area contributed by atoms with Crippen LogP contribution in [0.5, 0.6) is 0 Å². The topological polar surface area (TPSA) is 53.0 Å². The van der Waals surface area contributed by atoms with Crippen molar-refractivity contribution in [1.82, 2.24) is 4.90 Å². The van der Waals surface area contributed by atoms with Crippen LogP contribution in [0.15, 0.2) is 0 Å². The van der Waals surface area contributed by atoms with Crippen LogP contribution < -0.4 is 5.73 Å². The Labute approximate surface area is 74.1 Å². The van der Waals surface area contributed by atoms with Gasteiger partial charge in [0.05, 0.1) is 6.07 Å². The van der Waals surface area contributed by atoms with Gasteiger partial charge in [-0.2, -0.15) is 5.26 Å². The Morgan fingerprint density at radius 3 is 2.83 bits per heavy atom. The van der Waals surface area contributed by atoms with Crippen LogP contribution in [0, 0.1) is 17.2 Å². The quantitative estimate of drug-likeness (QED) is 0.621. The normalized spacial score (nSPS) is 32.4. The number of hydrogen-bond donors (Lipinski definition) is 1. The first-order chi connectivity index (χ1) is 5.74. The van der Waals surface area contributed by atoms with E-state index in [-0.39, 0.29) is 6.04 Å². The maximum atomic E-state index is 8.57. The van der Waals surface area contributed by atoms with Crippen LogP contribution in [0.4, 0.5) is 0 Å². The van der Waals surface area contributed by atoms with Gasteiger partial charge in [-0.1, -0.05) is 0 Å². The Morgan fingerprint density at radius 1 is 1.50 bits per heavy atom. The molecule has 68 valence electrons. The van der Waals surface area contributed by atoms with Crippen molar-refractivity contribution in [3.63, 3.8) is 0 Å². The van der Waals surface area contributed by atoms with Crippen molar-refractivity contribution < 1.29 is 0 Å². The molecule has 1 saturated heterocycles. The summed E-state index contributed by atoms with van der Waals surface area (Å²) in [6, 6.07) is 2.44. The zero-order valence-electron chi connectivity index (χ0n) is 7.66. The van der Waals surface area contributed by atoms with Gasteiger partial charge in [0, 0.05) is 12.5 Å². The number of nitriles is 1. The lowest BCUT2D eigenvalue weighted by Gasteiger charge is -2.16. The van der Waals surface area contributed by atoms with Gasteiger partial charge in [-0.3, -0.25) is 0 Å². The van der Waals surface area contributed by atoms with Crippen LogP contribution >= 0.6 is 0 Å². The lowest BCUT2D eigenvalue weighted by Crippen LogP contribution is -2.29. The van der Waals surface area contributed by atoms with Crippen LogP contribution in [0.2, 0.25) is 0 Å². The van der Waals surface area contributed by atoms with Crippen molar-refractivity contribution in [1.29, 1.82) is 5.26 Å². The van der Waals surface area contributed by atoms with Crippen molar-refractivity contribution in [3.05, 3.63) is 0 Å². The maximum Gasteiger partial charge on any atom is 0.0625 e. The average Bonchev–Trinajstić information content (AvgIpc) is 2.20. The van der Waals surface area contributed by atoms with Gasteiger partial charge in [-0.25, -0.2) is 0 Å². The van der Waals surface area contributed by atoms with Crippen LogP contribution in [-0.4, -0.2) is 31.1 Å². The Hall–Kier alpha value is -0.590. The first-order valence-corrected chi connectivity index (χ1v) is 4.55. The molecule has 0 unspecified atom stereocenters. The third-order valence-electron chi connectivity index (χ3n) is 2.68. The van der Waals surface area contributed by atoms with Gasteiger partial charge in [-0.15, -0.1) is 0 Å². The van der Waals surface area contributed by atoms with Gasteiger partial charge in [0.1, 0.15) is 0 Å². The van der Waals surface area contributed by atoms with E-state index in [1.165, 1.54) is 0 Å². The van der Waals surface area contributed by atoms with E-state index >= 15 is 0 Å². The van der Waals surface area contributed by atoms with Crippen molar-refractivity contribution in [2.45, 2.75) is 25.3 Å². The highest BCUT2D eigenvalue weighted by molar-refractivity contribution is 4.85. The van der Waals surface area contributed by atoms with E-state index in [2.05, 4.69) is 18.0 Å². The Kier molecular flexibility index (Phi) is 3.51. The zero-order chi connectivity index (χ0) is 8.97. The summed E-state index contributed by atoms with van der Waals surface area (Å²) in [6.45, 7) is 2.16. The highest BCUT2D eigenvalue weighted by Gasteiger charge is 2.21. The Bertz CT molecular complexity index is 173. The van der Waals surface area contributed by atoms with E-state index in [0.717, 1.165) is 25.9 Å². The van der Waals surface area contributed by atoms with Gasteiger partial charge < -0.3 is 10.6 Å².